The van der Waals surface area contributed by atoms with Gasteiger partial charge in [0.05, 0.1) is 46.9 Å². The molecule has 11 nitrogen and oxygen atoms in total. The number of esters is 1. The van der Waals surface area contributed by atoms with E-state index in [1.807, 2.05) is 6.07 Å². The number of imide groups is 1. The van der Waals surface area contributed by atoms with Crippen LogP contribution < -0.4 is 24.6 Å². The summed E-state index contributed by atoms with van der Waals surface area (Å²) in [6, 6.07) is 16.2. The molecule has 7 atom stereocenters. The average Bonchev–Trinajstić information content (AvgIpc) is 3.90. The largest absolute Gasteiger partial charge is 0.490 e. The first-order valence-electron chi connectivity index (χ1n) is 17.8. The third-order valence-electron chi connectivity index (χ3n) is 10.8. The number of carbonyl (C=O) groups is 4. The van der Waals surface area contributed by atoms with Crippen LogP contribution in [0.2, 0.25) is 0 Å². The predicted octanol–water partition coefficient (Wildman–Crippen LogP) is 6.73. The van der Waals surface area contributed by atoms with Crippen molar-refractivity contribution < 1.29 is 46.6 Å². The number of ether oxygens (including phenoxy) is 3. The summed E-state index contributed by atoms with van der Waals surface area (Å²) in [4.78, 5) is 69.8. The van der Waals surface area contributed by atoms with Gasteiger partial charge in [-0.3, -0.25) is 19.2 Å². The second-order valence-corrected chi connectivity index (χ2v) is 16.0. The summed E-state index contributed by atoms with van der Waals surface area (Å²) in [5, 5.41) is 3.21. The van der Waals surface area contributed by atoms with Crippen molar-refractivity contribution in [2.24, 2.45) is 29.6 Å². The fraction of sp³-hybridized carbons (Fsp3) is 0.359. The summed E-state index contributed by atoms with van der Waals surface area (Å²) in [6.45, 7) is 3.67. The second-order valence-electron chi connectivity index (χ2n) is 13.8. The van der Waals surface area contributed by atoms with Gasteiger partial charge < -0.3 is 24.5 Å². The molecule has 3 amide bonds. The van der Waals surface area contributed by atoms with Gasteiger partial charge in [-0.15, -0.1) is 11.8 Å². The molecule has 16 heteroatoms. The first-order valence-corrected chi connectivity index (χ1v) is 19.5. The third kappa shape index (κ3) is 6.38. The number of para-hydroxylation sites is 1. The molecule has 0 radical (unpaired) electrons. The number of thiazole rings is 1. The number of aromatic amines is 1. The van der Waals surface area contributed by atoms with Crippen molar-refractivity contribution in [3.05, 3.63) is 98.0 Å². The zero-order valence-corrected chi connectivity index (χ0v) is 31.0. The summed E-state index contributed by atoms with van der Waals surface area (Å²) in [5.74, 6) is -4.31. The van der Waals surface area contributed by atoms with Gasteiger partial charge in [0.15, 0.2) is 18.1 Å². The average molecular weight is 794 g/mol. The number of amides is 3. The number of H-pyrrole nitrogens is 1. The monoisotopic (exact) mass is 793 g/mol. The van der Waals surface area contributed by atoms with Gasteiger partial charge in [-0.05, 0) is 92.1 Å². The van der Waals surface area contributed by atoms with E-state index < -0.39 is 58.9 Å². The lowest BCUT2D eigenvalue weighted by atomic mass is 9.68. The molecule has 1 aromatic heterocycles. The molecule has 3 aromatic carbocycles. The molecule has 4 aliphatic rings. The van der Waals surface area contributed by atoms with Crippen LogP contribution in [0.5, 0.6) is 11.5 Å². The molecule has 2 bridgehead atoms. The highest BCUT2D eigenvalue weighted by atomic mass is 32.2. The summed E-state index contributed by atoms with van der Waals surface area (Å²) in [5.41, 5.74) is 0.0835. The lowest BCUT2D eigenvalue weighted by Crippen LogP contribution is -2.42. The molecule has 1 saturated heterocycles. The number of nitrogens with zero attached hydrogens (tertiary/aromatic N) is 1. The highest BCUT2D eigenvalue weighted by Gasteiger charge is 2.70. The van der Waals surface area contributed by atoms with E-state index >= 15 is 0 Å². The lowest BCUT2D eigenvalue weighted by Gasteiger charge is -2.43. The van der Waals surface area contributed by atoms with E-state index in [0.717, 1.165) is 32.7 Å². The summed E-state index contributed by atoms with van der Waals surface area (Å²) in [6.07, 6.45) is -4.21. The lowest BCUT2D eigenvalue weighted by molar-refractivity contribution is -0.137. The molecule has 2 aliphatic heterocycles. The van der Waals surface area contributed by atoms with Gasteiger partial charge in [0.25, 0.3) is 5.91 Å². The zero-order chi connectivity index (χ0) is 38.8. The molecule has 3 heterocycles. The Morgan fingerprint density at radius 1 is 0.909 bits per heavy atom. The van der Waals surface area contributed by atoms with Crippen LogP contribution in [0.3, 0.4) is 0 Å². The second kappa shape index (κ2) is 14.2. The molecule has 55 heavy (non-hydrogen) atoms. The van der Waals surface area contributed by atoms with E-state index in [1.54, 1.807) is 50.2 Å². The maximum atomic E-state index is 14.1. The van der Waals surface area contributed by atoms with Crippen molar-refractivity contribution in [1.29, 1.82) is 0 Å². The SMILES string of the molecule is CCOC(=O)c1ccc(NC(=O)COc2ccc([C@H]3c4sc(=O)[nH]c4SC4C3[C@H]3C[C@@H]4C4C(=O)N(c5ccccc5C(F)(F)F)C(=O)C43)cc2OCC)cc1. The number of alkyl halides is 3. The van der Waals surface area contributed by atoms with Crippen LogP contribution in [-0.2, 0) is 25.3 Å². The number of thioether (sulfide) groups is 1. The van der Waals surface area contributed by atoms with Crippen molar-refractivity contribution in [2.45, 2.75) is 42.6 Å². The number of rotatable bonds is 10. The van der Waals surface area contributed by atoms with E-state index in [9.17, 15) is 37.1 Å². The molecule has 2 saturated carbocycles. The van der Waals surface area contributed by atoms with Crippen molar-refractivity contribution in [3.63, 3.8) is 0 Å². The number of anilines is 2. The molecular formula is C39H34F3N3O8S2. The van der Waals surface area contributed by atoms with Crippen molar-refractivity contribution in [1.82, 2.24) is 4.98 Å². The molecule has 8 rings (SSSR count). The maximum Gasteiger partial charge on any atom is 0.418 e. The fourth-order valence-electron chi connectivity index (χ4n) is 8.89. The molecule has 2 N–H and O–H groups in total. The Morgan fingerprint density at radius 2 is 1.64 bits per heavy atom. The van der Waals surface area contributed by atoms with E-state index in [1.165, 1.54) is 30.0 Å². The maximum absolute atomic E-state index is 14.1. The van der Waals surface area contributed by atoms with Crippen LogP contribution in [0, 0.1) is 29.6 Å². The van der Waals surface area contributed by atoms with Crippen LogP contribution >= 0.6 is 23.1 Å². The molecule has 4 aromatic rings. The fourth-order valence-corrected chi connectivity index (χ4v) is 11.8. The van der Waals surface area contributed by atoms with Crippen molar-refractivity contribution >= 4 is 58.2 Å². The Labute approximate surface area is 320 Å². The number of aromatic nitrogens is 1. The predicted molar refractivity (Wildman–Crippen MR) is 197 cm³/mol. The number of halogens is 3. The number of carbonyl (C=O) groups excluding carboxylic acids is 4. The Kier molecular flexibility index (Phi) is 9.52. The van der Waals surface area contributed by atoms with Crippen molar-refractivity contribution in [2.75, 3.05) is 30.0 Å². The molecule has 0 spiro atoms. The number of hydrogen-bond donors (Lipinski definition) is 2. The van der Waals surface area contributed by atoms with Crippen LogP contribution in [0.4, 0.5) is 24.5 Å². The van der Waals surface area contributed by atoms with E-state index in [2.05, 4.69) is 10.3 Å². The van der Waals surface area contributed by atoms with E-state index in [-0.39, 0.29) is 47.7 Å². The zero-order valence-electron chi connectivity index (χ0n) is 29.4. The highest BCUT2D eigenvalue weighted by Crippen LogP contribution is 2.69. The first kappa shape index (κ1) is 36.9. The summed E-state index contributed by atoms with van der Waals surface area (Å²) >= 11 is 2.54. The topological polar surface area (TPSA) is 144 Å². The number of benzene rings is 3. The smallest absolute Gasteiger partial charge is 0.418 e. The van der Waals surface area contributed by atoms with E-state index in [0.29, 0.717) is 34.2 Å². The normalized spacial score (nSPS) is 25.0. The van der Waals surface area contributed by atoms with Crippen LogP contribution in [-0.4, -0.2) is 53.7 Å². The first-order chi connectivity index (χ1) is 26.4. The summed E-state index contributed by atoms with van der Waals surface area (Å²) < 4.78 is 59.0. The number of fused-ring (bicyclic) bond motifs is 9. The minimum Gasteiger partial charge on any atom is -0.490 e. The Morgan fingerprint density at radius 3 is 2.35 bits per heavy atom. The third-order valence-corrected chi connectivity index (χ3v) is 13.4. The van der Waals surface area contributed by atoms with E-state index in [4.69, 9.17) is 14.2 Å². The summed E-state index contributed by atoms with van der Waals surface area (Å²) in [7, 11) is 0. The molecule has 286 valence electrons. The van der Waals surface area contributed by atoms with Gasteiger partial charge in [-0.25, -0.2) is 9.69 Å². The van der Waals surface area contributed by atoms with Gasteiger partial charge >= 0.3 is 17.0 Å². The number of hydrogen-bond acceptors (Lipinski definition) is 10. The van der Waals surface area contributed by atoms with Crippen LogP contribution in [0.1, 0.15) is 52.5 Å². The standard InChI is InChI=1S/C39H34F3N3O8S2/c1-3-51-26-15-19(11-14-25(26)53-17-27(46)43-20-12-9-18(10-13-20)37(49)52-4-2)28-29-21-16-22(32(29)54-34-33(28)55-38(50)44-34)31-30(21)35(47)45(36(31)48)24-8-6-5-7-23(24)39(40,41)42/h5-15,21-22,28-32H,3-4,16-17H2,1-2H3,(H,43,46)(H,44,50)/t21-,22-,28-,29?,30?,31?,32?/m1/s1. The van der Waals surface area contributed by atoms with Gasteiger partial charge in [0, 0.05) is 21.7 Å². The van der Waals surface area contributed by atoms with Gasteiger partial charge in [-0.2, -0.15) is 13.2 Å². The van der Waals surface area contributed by atoms with Crippen LogP contribution in [0.15, 0.2) is 76.6 Å². The highest BCUT2D eigenvalue weighted by molar-refractivity contribution is 8.00. The Balaban J connectivity index is 1.06. The minimum atomic E-state index is -4.76. The molecule has 2 aliphatic carbocycles. The Hall–Kier alpha value is -5.09. The molecule has 3 fully saturated rings. The number of nitrogens with one attached hydrogen (secondary N) is 2. The molecular weight excluding hydrogens is 760 g/mol. The quantitative estimate of drug-likeness (QED) is 0.132. The van der Waals surface area contributed by atoms with Gasteiger partial charge in [0.2, 0.25) is 11.8 Å². The molecule has 4 unspecified atom stereocenters. The van der Waals surface area contributed by atoms with Crippen LogP contribution in [0.25, 0.3) is 0 Å². The minimum absolute atomic E-state index is 0.190. The Bertz CT molecular complexity index is 2260. The van der Waals surface area contributed by atoms with Gasteiger partial charge in [0.1, 0.15) is 0 Å². The van der Waals surface area contributed by atoms with Gasteiger partial charge in [-0.1, -0.05) is 29.5 Å². The van der Waals surface area contributed by atoms with Crippen molar-refractivity contribution in [3.8, 4) is 11.5 Å².